The van der Waals surface area contributed by atoms with Gasteiger partial charge in [-0.15, -0.1) is 0 Å². The zero-order valence-electron chi connectivity index (χ0n) is 19.6. The molecule has 0 aromatic heterocycles. The van der Waals surface area contributed by atoms with E-state index in [2.05, 4.69) is 34.9 Å². The molecule has 0 spiro atoms. The second-order valence-electron chi connectivity index (χ2n) is 9.53. The molecule has 2 aromatic rings. The summed E-state index contributed by atoms with van der Waals surface area (Å²) in [4.78, 5) is 36.1. The third-order valence-corrected chi connectivity index (χ3v) is 5.93. The van der Waals surface area contributed by atoms with Gasteiger partial charge in [0, 0.05) is 23.9 Å². The first-order valence-corrected chi connectivity index (χ1v) is 11.2. The van der Waals surface area contributed by atoms with E-state index in [1.165, 1.54) is 0 Å². The number of carbonyl (C=O) groups excluding carboxylic acids is 2. The van der Waals surface area contributed by atoms with Crippen LogP contribution in [-0.2, 0) is 14.3 Å². The van der Waals surface area contributed by atoms with E-state index in [0.717, 1.165) is 22.3 Å². The van der Waals surface area contributed by atoms with Crippen molar-refractivity contribution < 1.29 is 24.2 Å². The van der Waals surface area contributed by atoms with E-state index < -0.39 is 23.6 Å². The molecule has 0 aliphatic heterocycles. The lowest BCUT2D eigenvalue weighted by atomic mass is 9.97. The lowest BCUT2D eigenvalue weighted by Crippen LogP contribution is -2.49. The van der Waals surface area contributed by atoms with Crippen molar-refractivity contribution in [3.8, 4) is 11.1 Å². The van der Waals surface area contributed by atoms with Crippen molar-refractivity contribution in [2.75, 3.05) is 6.61 Å². The van der Waals surface area contributed by atoms with E-state index in [1.54, 1.807) is 13.8 Å². The van der Waals surface area contributed by atoms with Crippen LogP contribution in [0.25, 0.3) is 11.1 Å². The summed E-state index contributed by atoms with van der Waals surface area (Å²) in [5, 5.41) is 14.6. The topological polar surface area (TPSA) is 105 Å². The summed E-state index contributed by atoms with van der Waals surface area (Å²) in [7, 11) is 0. The molecule has 7 nitrogen and oxygen atoms in total. The van der Waals surface area contributed by atoms with Crippen LogP contribution in [0, 0.1) is 5.92 Å². The van der Waals surface area contributed by atoms with Crippen molar-refractivity contribution >= 4 is 18.0 Å². The van der Waals surface area contributed by atoms with Gasteiger partial charge in [0.1, 0.15) is 6.61 Å². The number of aliphatic carboxylic acids is 1. The second-order valence-corrected chi connectivity index (χ2v) is 9.53. The fourth-order valence-corrected chi connectivity index (χ4v) is 4.26. The van der Waals surface area contributed by atoms with Crippen LogP contribution in [0.1, 0.15) is 57.6 Å². The van der Waals surface area contributed by atoms with E-state index in [-0.39, 0.29) is 37.2 Å². The molecular formula is C26H32N2O5. The van der Waals surface area contributed by atoms with Crippen molar-refractivity contribution in [1.29, 1.82) is 0 Å². The van der Waals surface area contributed by atoms with Crippen LogP contribution >= 0.6 is 0 Å². The predicted octanol–water partition coefficient (Wildman–Crippen LogP) is 4.31. The van der Waals surface area contributed by atoms with Crippen molar-refractivity contribution in [2.24, 2.45) is 5.92 Å². The fraction of sp³-hybridized carbons (Fsp3) is 0.423. The highest BCUT2D eigenvalue weighted by molar-refractivity contribution is 5.80. The third-order valence-electron chi connectivity index (χ3n) is 5.93. The second kappa shape index (κ2) is 10.1. The van der Waals surface area contributed by atoms with Gasteiger partial charge in [-0.2, -0.15) is 0 Å². The van der Waals surface area contributed by atoms with Crippen LogP contribution in [0.2, 0.25) is 0 Å². The summed E-state index contributed by atoms with van der Waals surface area (Å²) in [5.74, 6) is -1.36. The largest absolute Gasteiger partial charge is 0.481 e. The maximum Gasteiger partial charge on any atom is 0.407 e. The molecule has 7 heteroatoms. The smallest absolute Gasteiger partial charge is 0.407 e. The van der Waals surface area contributed by atoms with E-state index >= 15 is 0 Å². The summed E-state index contributed by atoms with van der Waals surface area (Å²) in [6.45, 7) is 7.36. The molecule has 33 heavy (non-hydrogen) atoms. The molecule has 0 radical (unpaired) electrons. The number of hydrogen-bond donors (Lipinski definition) is 3. The first kappa shape index (κ1) is 24.3. The molecule has 0 heterocycles. The van der Waals surface area contributed by atoms with Gasteiger partial charge in [0.2, 0.25) is 5.91 Å². The van der Waals surface area contributed by atoms with Crippen LogP contribution in [0.3, 0.4) is 0 Å². The Morgan fingerprint density at radius 2 is 1.55 bits per heavy atom. The highest BCUT2D eigenvalue weighted by Gasteiger charge is 2.31. The van der Waals surface area contributed by atoms with Gasteiger partial charge in [-0.3, -0.25) is 9.59 Å². The van der Waals surface area contributed by atoms with E-state index in [0.29, 0.717) is 0 Å². The average Bonchev–Trinajstić information content (AvgIpc) is 3.04. The Kier molecular flexibility index (Phi) is 7.41. The minimum atomic E-state index is -0.968. The Balaban J connectivity index is 1.57. The fourth-order valence-electron chi connectivity index (χ4n) is 4.26. The summed E-state index contributed by atoms with van der Waals surface area (Å²) in [6, 6.07) is 15.7. The number of benzene rings is 2. The minimum Gasteiger partial charge on any atom is -0.481 e. The Labute approximate surface area is 194 Å². The Morgan fingerprint density at radius 1 is 1.00 bits per heavy atom. The van der Waals surface area contributed by atoms with E-state index in [4.69, 9.17) is 9.84 Å². The zero-order chi connectivity index (χ0) is 24.2. The van der Waals surface area contributed by atoms with Gasteiger partial charge in [0.25, 0.3) is 0 Å². The molecule has 176 valence electrons. The summed E-state index contributed by atoms with van der Waals surface area (Å²) < 4.78 is 5.57. The van der Waals surface area contributed by atoms with Crippen LogP contribution < -0.4 is 10.6 Å². The van der Waals surface area contributed by atoms with Gasteiger partial charge in [0.15, 0.2) is 0 Å². The van der Waals surface area contributed by atoms with Crippen LogP contribution in [0.15, 0.2) is 48.5 Å². The molecule has 0 bridgehead atoms. The van der Waals surface area contributed by atoms with Crippen molar-refractivity contribution in [2.45, 2.75) is 58.0 Å². The highest BCUT2D eigenvalue weighted by atomic mass is 16.5. The molecule has 0 fully saturated rings. The standard InChI is InChI=1S/C26H32N2O5/c1-16(2)22(13-24(30)31)27-23(29)14-26(3,4)28-25(32)33-15-21-19-11-7-5-9-17(19)18-10-6-8-12-20(18)21/h5-12,16,21-22H,13-15H2,1-4H3,(H,27,29)(H,28,32)(H,30,31). The van der Waals surface area contributed by atoms with Crippen LogP contribution in [-0.4, -0.2) is 41.3 Å². The maximum atomic E-state index is 12.6. The number of carbonyl (C=O) groups is 3. The number of rotatable bonds is 9. The number of ether oxygens (including phenoxy) is 1. The molecule has 1 aliphatic carbocycles. The first-order valence-electron chi connectivity index (χ1n) is 11.2. The quantitative estimate of drug-likeness (QED) is 0.526. The number of nitrogens with one attached hydrogen (secondary N) is 2. The number of fused-ring (bicyclic) bond motifs is 3. The van der Waals surface area contributed by atoms with E-state index in [1.807, 2.05) is 38.1 Å². The Morgan fingerprint density at radius 3 is 2.06 bits per heavy atom. The molecule has 2 amide bonds. The number of carboxylic acids is 1. The van der Waals surface area contributed by atoms with Crippen LogP contribution in [0.4, 0.5) is 4.79 Å². The minimum absolute atomic E-state index is 0.0000342. The SMILES string of the molecule is CC(C)C(CC(=O)O)NC(=O)CC(C)(C)NC(=O)OCC1c2ccccc2-c2ccccc21. The molecule has 3 rings (SSSR count). The number of hydrogen-bond acceptors (Lipinski definition) is 4. The van der Waals surface area contributed by atoms with Crippen molar-refractivity contribution in [3.63, 3.8) is 0 Å². The Hall–Kier alpha value is -3.35. The normalized spacial score (nSPS) is 13.7. The highest BCUT2D eigenvalue weighted by Crippen LogP contribution is 2.44. The lowest BCUT2D eigenvalue weighted by Gasteiger charge is -2.28. The first-order chi connectivity index (χ1) is 15.6. The van der Waals surface area contributed by atoms with Gasteiger partial charge in [-0.05, 0) is 42.0 Å². The number of carboxylic acid groups (broad SMARTS) is 1. The van der Waals surface area contributed by atoms with Gasteiger partial charge in [-0.1, -0.05) is 62.4 Å². The van der Waals surface area contributed by atoms with Crippen molar-refractivity contribution in [1.82, 2.24) is 10.6 Å². The van der Waals surface area contributed by atoms with Crippen LogP contribution in [0.5, 0.6) is 0 Å². The van der Waals surface area contributed by atoms with Gasteiger partial charge in [0.05, 0.1) is 6.42 Å². The number of amides is 2. The molecule has 3 N–H and O–H groups in total. The monoisotopic (exact) mass is 452 g/mol. The summed E-state index contributed by atoms with van der Waals surface area (Å²) in [6.07, 6.45) is -0.746. The zero-order valence-corrected chi connectivity index (χ0v) is 19.6. The molecule has 1 unspecified atom stereocenters. The van der Waals surface area contributed by atoms with E-state index in [9.17, 15) is 14.4 Å². The number of alkyl carbamates (subject to hydrolysis) is 1. The average molecular weight is 453 g/mol. The molecule has 1 aliphatic rings. The lowest BCUT2D eigenvalue weighted by molar-refractivity contribution is -0.138. The summed E-state index contributed by atoms with van der Waals surface area (Å²) >= 11 is 0. The third kappa shape index (κ3) is 6.12. The Bertz CT molecular complexity index is 985. The molecule has 2 aromatic carbocycles. The summed E-state index contributed by atoms with van der Waals surface area (Å²) in [5.41, 5.74) is 3.70. The molecule has 1 atom stereocenters. The molecular weight excluding hydrogens is 420 g/mol. The van der Waals surface area contributed by atoms with Gasteiger partial charge >= 0.3 is 12.1 Å². The molecule has 0 saturated heterocycles. The predicted molar refractivity (Wildman–Crippen MR) is 126 cm³/mol. The maximum absolute atomic E-state index is 12.6. The van der Waals surface area contributed by atoms with Gasteiger partial charge in [-0.25, -0.2) is 4.79 Å². The molecule has 0 saturated carbocycles. The van der Waals surface area contributed by atoms with Crippen molar-refractivity contribution in [3.05, 3.63) is 59.7 Å². The van der Waals surface area contributed by atoms with Gasteiger partial charge < -0.3 is 20.5 Å².